The zero-order valence-corrected chi connectivity index (χ0v) is 19.7. The van der Waals surface area contributed by atoms with Gasteiger partial charge in [-0.2, -0.15) is 0 Å². The van der Waals surface area contributed by atoms with E-state index in [0.29, 0.717) is 18.7 Å². The van der Waals surface area contributed by atoms with E-state index in [1.807, 2.05) is 35.2 Å². The van der Waals surface area contributed by atoms with Crippen LogP contribution < -0.4 is 4.74 Å². The zero-order chi connectivity index (χ0) is 23.4. The van der Waals surface area contributed by atoms with Gasteiger partial charge in [0.25, 0.3) is 0 Å². The highest BCUT2D eigenvalue weighted by Crippen LogP contribution is 2.54. The molecule has 2 saturated heterocycles. The van der Waals surface area contributed by atoms with Gasteiger partial charge in [-0.25, -0.2) is 0 Å². The number of likely N-dealkylation sites (tertiary alicyclic amines) is 2. The van der Waals surface area contributed by atoms with Crippen molar-refractivity contribution in [2.24, 2.45) is 11.3 Å². The first-order valence-corrected chi connectivity index (χ1v) is 12.1. The number of carbonyl (C=O) groups excluding carboxylic acids is 3. The standard InChI is InChI=1S/C26H34N2O5/c1-3-33-25(31)26-14-6-5-9-22(26)28(18-19-10-12-20(32-2)13-11-19)24(30)21(26)17-23(29)27-15-7-4-8-16-27/h9-13,21H,3-8,14-18H2,1-2H3/t21-,26-/m0/s1. The van der Waals surface area contributed by atoms with E-state index in [-0.39, 0.29) is 30.8 Å². The normalized spacial score (nSPS) is 24.8. The van der Waals surface area contributed by atoms with Gasteiger partial charge in [-0.1, -0.05) is 18.2 Å². The maximum Gasteiger partial charge on any atom is 0.318 e. The van der Waals surface area contributed by atoms with Crippen LogP contribution in [-0.4, -0.2) is 54.4 Å². The number of rotatable bonds is 7. The molecule has 2 fully saturated rings. The van der Waals surface area contributed by atoms with E-state index >= 15 is 0 Å². The summed E-state index contributed by atoms with van der Waals surface area (Å²) in [6.45, 7) is 3.83. The van der Waals surface area contributed by atoms with Gasteiger partial charge in [0.2, 0.25) is 11.8 Å². The van der Waals surface area contributed by atoms with Gasteiger partial charge in [-0.3, -0.25) is 14.4 Å². The number of fused-ring (bicyclic) bond motifs is 1. The van der Waals surface area contributed by atoms with E-state index in [0.717, 1.165) is 56.5 Å². The van der Waals surface area contributed by atoms with Crippen molar-refractivity contribution in [2.45, 2.75) is 58.4 Å². The monoisotopic (exact) mass is 454 g/mol. The van der Waals surface area contributed by atoms with Crippen LogP contribution in [-0.2, 0) is 25.7 Å². The molecule has 3 aliphatic rings. The van der Waals surface area contributed by atoms with Gasteiger partial charge in [0.15, 0.2) is 0 Å². The highest BCUT2D eigenvalue weighted by atomic mass is 16.5. The molecule has 0 aromatic heterocycles. The zero-order valence-electron chi connectivity index (χ0n) is 19.7. The molecule has 1 aliphatic carbocycles. The summed E-state index contributed by atoms with van der Waals surface area (Å²) in [4.78, 5) is 44.0. The van der Waals surface area contributed by atoms with Crippen molar-refractivity contribution in [2.75, 3.05) is 26.8 Å². The molecule has 0 radical (unpaired) electrons. The molecule has 7 nitrogen and oxygen atoms in total. The molecule has 1 aromatic carbocycles. The lowest BCUT2D eigenvalue weighted by Crippen LogP contribution is -2.44. The third-order valence-corrected chi connectivity index (χ3v) is 7.25. The molecule has 2 aliphatic heterocycles. The molecule has 4 rings (SSSR count). The minimum absolute atomic E-state index is 0.0343. The molecule has 0 unspecified atom stereocenters. The number of hydrogen-bond donors (Lipinski definition) is 0. The maximum absolute atomic E-state index is 13.8. The molecule has 0 spiro atoms. The van der Waals surface area contributed by atoms with Crippen molar-refractivity contribution in [1.82, 2.24) is 9.80 Å². The summed E-state index contributed by atoms with van der Waals surface area (Å²) < 4.78 is 10.8. The molecule has 0 saturated carbocycles. The van der Waals surface area contributed by atoms with Crippen LogP contribution in [0.1, 0.15) is 57.4 Å². The molecule has 2 atom stereocenters. The molecule has 178 valence electrons. The minimum Gasteiger partial charge on any atom is -0.497 e. The van der Waals surface area contributed by atoms with Gasteiger partial charge in [0.1, 0.15) is 11.2 Å². The lowest BCUT2D eigenvalue weighted by Gasteiger charge is -2.36. The van der Waals surface area contributed by atoms with Gasteiger partial charge in [-0.05, 0) is 63.1 Å². The number of piperidine rings is 1. The summed E-state index contributed by atoms with van der Waals surface area (Å²) in [6.07, 6.45) is 7.28. The fourth-order valence-corrected chi connectivity index (χ4v) is 5.55. The van der Waals surface area contributed by atoms with E-state index in [9.17, 15) is 14.4 Å². The van der Waals surface area contributed by atoms with Gasteiger partial charge >= 0.3 is 5.97 Å². The second-order valence-corrected chi connectivity index (χ2v) is 9.14. The van der Waals surface area contributed by atoms with Crippen molar-refractivity contribution < 1.29 is 23.9 Å². The van der Waals surface area contributed by atoms with Crippen LogP contribution in [0.2, 0.25) is 0 Å². The summed E-state index contributed by atoms with van der Waals surface area (Å²) in [5.41, 5.74) is 0.573. The quantitative estimate of drug-likeness (QED) is 0.588. The highest BCUT2D eigenvalue weighted by molar-refractivity contribution is 5.99. The first-order valence-electron chi connectivity index (χ1n) is 12.1. The maximum atomic E-state index is 13.8. The molecular formula is C26H34N2O5. The lowest BCUT2D eigenvalue weighted by molar-refractivity contribution is -0.158. The first-order chi connectivity index (χ1) is 16.0. The summed E-state index contributed by atoms with van der Waals surface area (Å²) in [5, 5.41) is 0. The second kappa shape index (κ2) is 9.98. The van der Waals surface area contributed by atoms with Crippen molar-refractivity contribution in [3.05, 3.63) is 41.6 Å². The molecule has 2 amide bonds. The fourth-order valence-electron chi connectivity index (χ4n) is 5.55. The number of esters is 1. The third-order valence-electron chi connectivity index (χ3n) is 7.25. The van der Waals surface area contributed by atoms with E-state index in [4.69, 9.17) is 9.47 Å². The fraction of sp³-hybridized carbons (Fsp3) is 0.577. The summed E-state index contributed by atoms with van der Waals surface area (Å²) in [6, 6.07) is 7.57. The Balaban J connectivity index is 1.67. The van der Waals surface area contributed by atoms with Crippen LogP contribution >= 0.6 is 0 Å². The number of hydrogen-bond acceptors (Lipinski definition) is 5. The van der Waals surface area contributed by atoms with Gasteiger partial charge in [0.05, 0.1) is 26.2 Å². The Morgan fingerprint density at radius 3 is 2.48 bits per heavy atom. The van der Waals surface area contributed by atoms with Crippen molar-refractivity contribution >= 4 is 17.8 Å². The molecule has 2 heterocycles. The molecule has 7 heteroatoms. The number of nitrogens with zero attached hydrogens (tertiary/aromatic N) is 2. The number of benzene rings is 1. The van der Waals surface area contributed by atoms with Crippen LogP contribution in [0.4, 0.5) is 0 Å². The van der Waals surface area contributed by atoms with Crippen LogP contribution in [0.5, 0.6) is 5.75 Å². The number of methoxy groups -OCH3 is 1. The Hall–Kier alpha value is -2.83. The number of allylic oxidation sites excluding steroid dienone is 1. The molecule has 0 bridgehead atoms. The SMILES string of the molecule is CCOC(=O)[C@]12CCCC=C1N(Cc1ccc(OC)cc1)C(=O)[C@@H]2CC(=O)N1CCCCC1. The van der Waals surface area contributed by atoms with E-state index in [2.05, 4.69) is 0 Å². The summed E-state index contributed by atoms with van der Waals surface area (Å²) in [7, 11) is 1.61. The number of carbonyl (C=O) groups is 3. The lowest BCUT2D eigenvalue weighted by atomic mass is 9.68. The van der Waals surface area contributed by atoms with E-state index in [1.165, 1.54) is 0 Å². The average molecular weight is 455 g/mol. The van der Waals surface area contributed by atoms with Crippen LogP contribution in [0.3, 0.4) is 0 Å². The predicted molar refractivity (Wildman–Crippen MR) is 123 cm³/mol. The second-order valence-electron chi connectivity index (χ2n) is 9.14. The Bertz CT molecular complexity index is 919. The minimum atomic E-state index is -1.08. The Kier molecular flexibility index (Phi) is 7.05. The van der Waals surface area contributed by atoms with E-state index < -0.39 is 11.3 Å². The van der Waals surface area contributed by atoms with Crippen LogP contribution in [0.15, 0.2) is 36.0 Å². The summed E-state index contributed by atoms with van der Waals surface area (Å²) in [5.74, 6) is -0.548. The number of amides is 2. The first kappa shape index (κ1) is 23.3. The van der Waals surface area contributed by atoms with E-state index in [1.54, 1.807) is 18.9 Å². The smallest absolute Gasteiger partial charge is 0.318 e. The van der Waals surface area contributed by atoms with Crippen LogP contribution in [0.25, 0.3) is 0 Å². The van der Waals surface area contributed by atoms with Crippen molar-refractivity contribution in [3.63, 3.8) is 0 Å². The molecule has 0 N–H and O–H groups in total. The van der Waals surface area contributed by atoms with Crippen LogP contribution in [0, 0.1) is 11.3 Å². The topological polar surface area (TPSA) is 76.1 Å². The number of ether oxygens (including phenoxy) is 2. The Labute approximate surface area is 195 Å². The Morgan fingerprint density at radius 2 is 1.82 bits per heavy atom. The Morgan fingerprint density at radius 1 is 1.09 bits per heavy atom. The van der Waals surface area contributed by atoms with Crippen molar-refractivity contribution in [3.8, 4) is 5.75 Å². The average Bonchev–Trinajstić information content (AvgIpc) is 3.09. The summed E-state index contributed by atoms with van der Waals surface area (Å²) >= 11 is 0. The molecule has 1 aromatic rings. The molecular weight excluding hydrogens is 420 g/mol. The highest BCUT2D eigenvalue weighted by Gasteiger charge is 2.62. The van der Waals surface area contributed by atoms with Gasteiger partial charge in [0, 0.05) is 25.2 Å². The van der Waals surface area contributed by atoms with Gasteiger partial charge < -0.3 is 19.3 Å². The van der Waals surface area contributed by atoms with Gasteiger partial charge in [-0.15, -0.1) is 0 Å². The molecule has 33 heavy (non-hydrogen) atoms. The largest absolute Gasteiger partial charge is 0.497 e. The third kappa shape index (κ3) is 4.37. The predicted octanol–water partition coefficient (Wildman–Crippen LogP) is 3.67. The van der Waals surface area contributed by atoms with Crippen molar-refractivity contribution in [1.29, 1.82) is 0 Å².